The Kier molecular flexibility index (Phi) is 330. The van der Waals surface area contributed by atoms with E-state index in [9.17, 15) is 0 Å². The van der Waals surface area contributed by atoms with Crippen molar-refractivity contribution in [2.45, 2.75) is 0 Å². The Morgan fingerprint density at radius 1 is 1.17 bits per heavy atom. The van der Waals surface area contributed by atoms with Crippen molar-refractivity contribution in [3.05, 3.63) is 0 Å². The molecule has 0 spiro atoms. The van der Waals surface area contributed by atoms with Gasteiger partial charge < -0.3 is 5.71 Å². The molecular weight excluding hydrogens is 251 g/mol. The van der Waals surface area contributed by atoms with Crippen LogP contribution < -0.4 is 0 Å². The zero-order chi connectivity index (χ0) is 0. The second-order valence-corrected chi connectivity index (χ2v) is 0. The Bertz CT molecular complexity index is 25.2. The van der Waals surface area contributed by atoms with Gasteiger partial charge in [-0.3, -0.25) is 0 Å². The summed E-state index contributed by atoms with van der Waals surface area (Å²) in [6, 6.07) is 0. The van der Waals surface area contributed by atoms with Gasteiger partial charge in [0.1, 0.15) is 0 Å². The molecule has 0 heterocycles. The van der Waals surface area contributed by atoms with Gasteiger partial charge in [-0.05, 0) is 0 Å². The van der Waals surface area contributed by atoms with Crippen molar-refractivity contribution in [1.82, 2.24) is 0 Å². The van der Waals surface area contributed by atoms with E-state index in [0.717, 1.165) is 0 Å². The van der Waals surface area contributed by atoms with Crippen LogP contribution >= 0.6 is 0 Å². The quantitative estimate of drug-likeness (QED) is 0.502. The minimum atomic E-state index is 0. The van der Waals surface area contributed by atoms with E-state index in [4.69, 9.17) is 0 Å². The predicted octanol–water partition coefficient (Wildman–Crippen LogP) is -0.700. The molecule has 28 valence electrons. The average Bonchev–Trinajstić information content (AvgIpc) is 0. The van der Waals surface area contributed by atoms with Gasteiger partial charge in [0, 0.05) is 62.0 Å². The largest absolute Gasteiger partial charge is 2.00 e. The van der Waals surface area contributed by atoms with Gasteiger partial charge in [-0.1, -0.05) is 0 Å². The molecule has 0 atom stereocenters. The molecule has 4 radical (unpaired) electrons. The van der Waals surface area contributed by atoms with Crippen LogP contribution in [0.3, 0.4) is 0 Å². The van der Waals surface area contributed by atoms with Crippen LogP contribution in [0.15, 0.2) is 0 Å². The molecule has 0 aliphatic heterocycles. The smallest absolute Gasteiger partial charge is 1.00 e. The maximum atomic E-state index is 0. The molecule has 0 amide bonds. The molecule has 0 aliphatic carbocycles. The molecular formula is H4BCaFeMgMnZn. The second-order valence-electron chi connectivity index (χ2n) is 0. The van der Waals surface area contributed by atoms with Crippen LogP contribution in [-0.4, -0.2) is 69.2 Å². The fourth-order valence-corrected chi connectivity index (χ4v) is 0. The summed E-state index contributed by atoms with van der Waals surface area (Å²) in [7, 11) is 0. The molecule has 0 aromatic heterocycles. The Labute approximate surface area is 126 Å². The summed E-state index contributed by atoms with van der Waals surface area (Å²) in [6.07, 6.45) is 0. The summed E-state index contributed by atoms with van der Waals surface area (Å²) in [5.74, 6) is 0. The van der Waals surface area contributed by atoms with E-state index in [1.165, 1.54) is 0 Å². The molecule has 0 unspecified atom stereocenters. The number of hydrogen-bond donors (Lipinski definition) is 0. The second kappa shape index (κ2) is 37.4. The topological polar surface area (TPSA) is 0 Å². The van der Waals surface area contributed by atoms with Gasteiger partial charge in [-0.25, -0.2) is 0 Å². The third-order valence-corrected chi connectivity index (χ3v) is 0. The predicted molar refractivity (Wildman–Crippen MR) is 21.7 cm³/mol. The SMILES string of the molecule is [B].[Ca+2].[Fe].[H-].[H-].[H-].[H-].[Mg+2].[Mn].[Zn]. The van der Waals surface area contributed by atoms with E-state index in [1.807, 2.05) is 0 Å². The van der Waals surface area contributed by atoms with Gasteiger partial charge in [0.15, 0.2) is 0 Å². The molecule has 0 aliphatic rings. The molecule has 0 fully saturated rings. The molecule has 0 saturated heterocycles. The summed E-state index contributed by atoms with van der Waals surface area (Å²) in [5, 5.41) is 0. The monoisotopic (exact) mass is 254 g/mol. The van der Waals surface area contributed by atoms with Crippen LogP contribution in [0.4, 0.5) is 0 Å². The van der Waals surface area contributed by atoms with Crippen LogP contribution in [-0.2, 0) is 53.6 Å². The Morgan fingerprint density at radius 2 is 1.17 bits per heavy atom. The van der Waals surface area contributed by atoms with Gasteiger partial charge >= 0.3 is 60.8 Å². The Morgan fingerprint density at radius 3 is 1.17 bits per heavy atom. The Hall–Kier alpha value is 3.75. The van der Waals surface area contributed by atoms with Gasteiger partial charge in [0.2, 0.25) is 0 Å². The van der Waals surface area contributed by atoms with Gasteiger partial charge in [-0.15, -0.1) is 0 Å². The summed E-state index contributed by atoms with van der Waals surface area (Å²) in [5.41, 5.74) is 0. The van der Waals surface area contributed by atoms with E-state index in [1.54, 1.807) is 0 Å². The molecule has 0 N–H and O–H groups in total. The summed E-state index contributed by atoms with van der Waals surface area (Å²) in [6.45, 7) is 0. The van der Waals surface area contributed by atoms with E-state index >= 15 is 0 Å². The molecule has 0 rings (SSSR count). The van der Waals surface area contributed by atoms with Crippen LogP contribution in [0, 0.1) is 0 Å². The van der Waals surface area contributed by atoms with E-state index < -0.39 is 0 Å². The number of hydrogen-bond acceptors (Lipinski definition) is 0. The molecule has 0 bridgehead atoms. The normalized spacial score (nSPS) is 0. The fourth-order valence-electron chi connectivity index (χ4n) is 0. The standard InChI is InChI=1S/B.Ca.Fe.Mg.Mn.Zn.4H/q;+2;;+2;;;4*-1. The first kappa shape index (κ1) is 53.0. The number of rotatable bonds is 0. The van der Waals surface area contributed by atoms with E-state index in [0.29, 0.717) is 0 Å². The van der Waals surface area contributed by atoms with Crippen molar-refractivity contribution in [2.75, 3.05) is 0 Å². The Balaban J connectivity index is 0. The van der Waals surface area contributed by atoms with Crippen molar-refractivity contribution in [1.29, 1.82) is 0 Å². The maximum Gasteiger partial charge on any atom is 2.00 e. The molecule has 0 aromatic rings. The summed E-state index contributed by atoms with van der Waals surface area (Å²) >= 11 is 0. The van der Waals surface area contributed by atoms with Crippen molar-refractivity contribution < 1.29 is 59.3 Å². The van der Waals surface area contributed by atoms with Crippen molar-refractivity contribution in [3.8, 4) is 0 Å². The van der Waals surface area contributed by atoms with Gasteiger partial charge in [0.25, 0.3) is 0 Å². The zero-order valence-corrected chi connectivity index (χ0v) is 12.3. The fraction of sp³-hybridized carbons (Fsp3) is 0. The zero-order valence-electron chi connectivity index (χ0n) is 7.43. The first-order valence-electron chi connectivity index (χ1n) is 0. The third kappa shape index (κ3) is 25.1. The van der Waals surface area contributed by atoms with Crippen LogP contribution in [0.2, 0.25) is 0 Å². The maximum absolute atomic E-state index is 0. The first-order valence-corrected chi connectivity index (χ1v) is 0. The average molecular weight is 255 g/mol. The van der Waals surface area contributed by atoms with Gasteiger partial charge in [0.05, 0.1) is 0 Å². The van der Waals surface area contributed by atoms with Crippen molar-refractivity contribution in [3.63, 3.8) is 0 Å². The van der Waals surface area contributed by atoms with Gasteiger partial charge in [-0.2, -0.15) is 0 Å². The molecule has 6 heavy (non-hydrogen) atoms. The van der Waals surface area contributed by atoms with Crippen molar-refractivity contribution in [2.24, 2.45) is 0 Å². The molecule has 0 saturated carbocycles. The van der Waals surface area contributed by atoms with E-state index in [-0.39, 0.29) is 129 Å². The first-order chi connectivity index (χ1) is 0. The third-order valence-electron chi connectivity index (χ3n) is 0. The van der Waals surface area contributed by atoms with Crippen LogP contribution in [0.5, 0.6) is 0 Å². The summed E-state index contributed by atoms with van der Waals surface area (Å²) < 4.78 is 0. The van der Waals surface area contributed by atoms with Crippen LogP contribution in [0.1, 0.15) is 5.71 Å². The van der Waals surface area contributed by atoms with Crippen LogP contribution in [0.25, 0.3) is 0 Å². The molecule has 6 heteroatoms. The minimum absolute atomic E-state index is 0. The summed E-state index contributed by atoms with van der Waals surface area (Å²) in [4.78, 5) is 0. The molecule has 0 nitrogen and oxygen atoms in total. The molecule has 0 aromatic carbocycles. The van der Waals surface area contributed by atoms with E-state index in [2.05, 4.69) is 0 Å². The minimum Gasteiger partial charge on any atom is -1.00 e. The van der Waals surface area contributed by atoms with Crippen molar-refractivity contribution >= 4 is 69.2 Å².